The molecule has 26 heavy (non-hydrogen) atoms. The van der Waals surface area contributed by atoms with E-state index in [0.717, 1.165) is 11.1 Å². The van der Waals surface area contributed by atoms with Gasteiger partial charge in [-0.3, -0.25) is 4.79 Å². The van der Waals surface area contributed by atoms with E-state index in [1.54, 1.807) is 17.0 Å². The second-order valence-electron chi connectivity index (χ2n) is 6.09. The zero-order chi connectivity index (χ0) is 18.5. The standard InChI is InChI=1S/C20H20ClN3O2/c1-3-24(19(25)12-15-6-4-14(2)5-7-15)13-18-22-20(23-26-18)16-8-10-17(21)11-9-16/h4-11H,3,12-13H2,1-2H3. The Balaban J connectivity index is 1.67. The lowest BCUT2D eigenvalue weighted by atomic mass is 10.1. The fourth-order valence-electron chi connectivity index (χ4n) is 2.57. The Morgan fingerprint density at radius 3 is 2.46 bits per heavy atom. The van der Waals surface area contributed by atoms with Crippen LogP contribution < -0.4 is 0 Å². The fourth-order valence-corrected chi connectivity index (χ4v) is 2.69. The van der Waals surface area contributed by atoms with Gasteiger partial charge in [0.1, 0.15) is 0 Å². The molecular formula is C20H20ClN3O2. The minimum atomic E-state index is 0.0302. The first-order valence-electron chi connectivity index (χ1n) is 8.47. The molecule has 0 atom stereocenters. The highest BCUT2D eigenvalue weighted by molar-refractivity contribution is 6.30. The van der Waals surface area contributed by atoms with E-state index in [1.807, 2.05) is 50.2 Å². The molecule has 2 aromatic carbocycles. The van der Waals surface area contributed by atoms with Crippen molar-refractivity contribution in [2.75, 3.05) is 6.54 Å². The largest absolute Gasteiger partial charge is 0.337 e. The number of halogens is 1. The Morgan fingerprint density at radius 1 is 1.12 bits per heavy atom. The van der Waals surface area contributed by atoms with Crippen LogP contribution in [0, 0.1) is 6.92 Å². The van der Waals surface area contributed by atoms with E-state index >= 15 is 0 Å². The number of hydrogen-bond donors (Lipinski definition) is 0. The number of amides is 1. The molecule has 0 radical (unpaired) electrons. The van der Waals surface area contributed by atoms with Gasteiger partial charge in [0.05, 0.1) is 13.0 Å². The summed E-state index contributed by atoms with van der Waals surface area (Å²) in [5.74, 6) is 0.926. The number of hydrogen-bond acceptors (Lipinski definition) is 4. The molecule has 1 aromatic heterocycles. The third kappa shape index (κ3) is 4.49. The molecule has 0 aliphatic rings. The minimum absolute atomic E-state index is 0.0302. The van der Waals surface area contributed by atoms with Crippen LogP contribution in [0.5, 0.6) is 0 Å². The molecule has 0 saturated carbocycles. The molecule has 134 valence electrons. The Bertz CT molecular complexity index is 873. The van der Waals surface area contributed by atoms with E-state index < -0.39 is 0 Å². The predicted octanol–water partition coefficient (Wildman–Crippen LogP) is 4.29. The number of aromatic nitrogens is 2. The fraction of sp³-hybridized carbons (Fsp3) is 0.250. The zero-order valence-corrected chi connectivity index (χ0v) is 15.5. The minimum Gasteiger partial charge on any atom is -0.337 e. The first kappa shape index (κ1) is 18.1. The van der Waals surface area contributed by atoms with Gasteiger partial charge >= 0.3 is 0 Å². The second kappa shape index (κ2) is 8.15. The van der Waals surface area contributed by atoms with Crippen molar-refractivity contribution in [2.24, 2.45) is 0 Å². The molecule has 5 nitrogen and oxygen atoms in total. The molecular weight excluding hydrogens is 350 g/mol. The van der Waals surface area contributed by atoms with Crippen molar-refractivity contribution in [1.82, 2.24) is 15.0 Å². The Morgan fingerprint density at radius 2 is 1.81 bits per heavy atom. The van der Waals surface area contributed by atoms with Crippen LogP contribution in [0.3, 0.4) is 0 Å². The average molecular weight is 370 g/mol. The maximum absolute atomic E-state index is 12.6. The van der Waals surface area contributed by atoms with Gasteiger partial charge in [0, 0.05) is 17.1 Å². The van der Waals surface area contributed by atoms with Gasteiger partial charge < -0.3 is 9.42 Å². The molecule has 0 spiro atoms. The molecule has 0 unspecified atom stereocenters. The molecule has 0 aliphatic carbocycles. The number of aryl methyl sites for hydroxylation is 1. The van der Waals surface area contributed by atoms with Crippen molar-refractivity contribution in [3.8, 4) is 11.4 Å². The lowest BCUT2D eigenvalue weighted by Gasteiger charge is -2.18. The third-order valence-corrected chi connectivity index (χ3v) is 4.36. The van der Waals surface area contributed by atoms with E-state index in [4.69, 9.17) is 16.1 Å². The number of benzene rings is 2. The van der Waals surface area contributed by atoms with E-state index in [9.17, 15) is 4.79 Å². The van der Waals surface area contributed by atoms with Crippen LogP contribution in [-0.4, -0.2) is 27.5 Å². The molecule has 0 saturated heterocycles. The Labute approximate surface area is 157 Å². The summed E-state index contributed by atoms with van der Waals surface area (Å²) in [6.45, 7) is 4.83. The van der Waals surface area contributed by atoms with Crippen molar-refractivity contribution in [1.29, 1.82) is 0 Å². The highest BCUT2D eigenvalue weighted by Gasteiger charge is 2.17. The molecule has 0 aliphatic heterocycles. The van der Waals surface area contributed by atoms with Gasteiger partial charge in [0.2, 0.25) is 17.6 Å². The normalized spacial score (nSPS) is 10.7. The molecule has 1 amide bonds. The maximum Gasteiger partial charge on any atom is 0.246 e. The van der Waals surface area contributed by atoms with Gasteiger partial charge in [-0.25, -0.2) is 0 Å². The number of rotatable bonds is 6. The van der Waals surface area contributed by atoms with Crippen LogP contribution in [0.4, 0.5) is 0 Å². The zero-order valence-electron chi connectivity index (χ0n) is 14.8. The molecule has 3 rings (SSSR count). The SMILES string of the molecule is CCN(Cc1nc(-c2ccc(Cl)cc2)no1)C(=O)Cc1ccc(C)cc1. The third-order valence-electron chi connectivity index (χ3n) is 4.11. The van der Waals surface area contributed by atoms with Crippen LogP contribution in [0.15, 0.2) is 53.1 Å². The summed E-state index contributed by atoms with van der Waals surface area (Å²) in [4.78, 5) is 18.7. The molecule has 0 bridgehead atoms. The van der Waals surface area contributed by atoms with E-state index in [-0.39, 0.29) is 5.91 Å². The molecule has 0 N–H and O–H groups in total. The van der Waals surface area contributed by atoms with Crippen molar-refractivity contribution in [3.63, 3.8) is 0 Å². The molecule has 0 fully saturated rings. The Kier molecular flexibility index (Phi) is 5.68. The van der Waals surface area contributed by atoms with Crippen molar-refractivity contribution in [2.45, 2.75) is 26.8 Å². The molecule has 1 heterocycles. The number of likely N-dealkylation sites (N-methyl/N-ethyl adjacent to an activating group) is 1. The molecule has 3 aromatic rings. The van der Waals surface area contributed by atoms with Crippen molar-refractivity contribution < 1.29 is 9.32 Å². The second-order valence-corrected chi connectivity index (χ2v) is 6.53. The first-order valence-corrected chi connectivity index (χ1v) is 8.85. The number of carbonyl (C=O) groups excluding carboxylic acids is 1. The lowest BCUT2D eigenvalue weighted by Crippen LogP contribution is -2.31. The van der Waals surface area contributed by atoms with Gasteiger partial charge in [-0.1, -0.05) is 46.6 Å². The summed E-state index contributed by atoms with van der Waals surface area (Å²) >= 11 is 5.89. The Hall–Kier alpha value is -2.66. The summed E-state index contributed by atoms with van der Waals surface area (Å²) < 4.78 is 5.31. The highest BCUT2D eigenvalue weighted by atomic mass is 35.5. The predicted molar refractivity (Wildman–Crippen MR) is 101 cm³/mol. The van der Waals surface area contributed by atoms with Gasteiger partial charge in [-0.05, 0) is 43.7 Å². The van der Waals surface area contributed by atoms with Gasteiger partial charge in [0.25, 0.3) is 0 Å². The van der Waals surface area contributed by atoms with Crippen LogP contribution >= 0.6 is 11.6 Å². The topological polar surface area (TPSA) is 59.2 Å². The quantitative estimate of drug-likeness (QED) is 0.650. The number of carbonyl (C=O) groups is 1. The number of nitrogens with zero attached hydrogens (tertiary/aromatic N) is 3. The van der Waals surface area contributed by atoms with Gasteiger partial charge in [-0.2, -0.15) is 4.98 Å². The molecule has 6 heteroatoms. The summed E-state index contributed by atoms with van der Waals surface area (Å²) in [7, 11) is 0. The van der Waals surface area contributed by atoms with Crippen molar-refractivity contribution in [3.05, 3.63) is 70.6 Å². The maximum atomic E-state index is 12.6. The highest BCUT2D eigenvalue weighted by Crippen LogP contribution is 2.19. The average Bonchev–Trinajstić information content (AvgIpc) is 3.11. The summed E-state index contributed by atoms with van der Waals surface area (Å²) in [5, 5.41) is 4.64. The summed E-state index contributed by atoms with van der Waals surface area (Å²) in [5.41, 5.74) is 2.99. The van der Waals surface area contributed by atoms with Gasteiger partial charge in [-0.15, -0.1) is 0 Å². The van der Waals surface area contributed by atoms with E-state index in [1.165, 1.54) is 5.56 Å². The van der Waals surface area contributed by atoms with E-state index in [2.05, 4.69) is 10.1 Å². The van der Waals surface area contributed by atoms with E-state index in [0.29, 0.717) is 36.2 Å². The first-order chi connectivity index (χ1) is 12.5. The summed E-state index contributed by atoms with van der Waals surface area (Å²) in [6, 6.07) is 15.2. The smallest absolute Gasteiger partial charge is 0.246 e. The van der Waals surface area contributed by atoms with Crippen LogP contribution in [-0.2, 0) is 17.8 Å². The lowest BCUT2D eigenvalue weighted by molar-refractivity contribution is -0.131. The van der Waals surface area contributed by atoms with Crippen molar-refractivity contribution >= 4 is 17.5 Å². The monoisotopic (exact) mass is 369 g/mol. The van der Waals surface area contributed by atoms with Crippen LogP contribution in [0.2, 0.25) is 5.02 Å². The summed E-state index contributed by atoms with van der Waals surface area (Å²) in [6.07, 6.45) is 0.353. The van der Waals surface area contributed by atoms with Crippen LogP contribution in [0.1, 0.15) is 23.9 Å². The van der Waals surface area contributed by atoms with Gasteiger partial charge in [0.15, 0.2) is 0 Å². The van der Waals surface area contributed by atoms with Crippen LogP contribution in [0.25, 0.3) is 11.4 Å².